The number of ether oxygens (including phenoxy) is 3. The quantitative estimate of drug-likeness (QED) is 0.0266. The number of allylic oxidation sites excluding steroid dienone is 10. The second kappa shape index (κ2) is 37.9. The van der Waals surface area contributed by atoms with E-state index in [-0.39, 0.29) is 42.7 Å². The van der Waals surface area contributed by atoms with Gasteiger partial charge in [-0.1, -0.05) is 152 Å². The van der Waals surface area contributed by atoms with Gasteiger partial charge >= 0.3 is 11.9 Å². The van der Waals surface area contributed by atoms with Crippen molar-refractivity contribution in [1.29, 1.82) is 0 Å². The maximum Gasteiger partial charge on any atom is 0.306 e. The zero-order chi connectivity index (χ0) is 40.7. The molecule has 0 amide bonds. The van der Waals surface area contributed by atoms with Crippen molar-refractivity contribution in [2.45, 2.75) is 180 Å². The molecule has 0 rings (SSSR count). The van der Waals surface area contributed by atoms with Crippen LogP contribution in [-0.2, 0) is 28.6 Å². The maximum atomic E-state index is 12.7. The number of hydrogen-bond acceptors (Lipinski definition) is 7. The summed E-state index contributed by atoms with van der Waals surface area (Å²) < 4.78 is 17.1. The third-order valence-corrected chi connectivity index (χ3v) is 9.42. The summed E-state index contributed by atoms with van der Waals surface area (Å²) in [5.74, 6) is -1.77. The smallest absolute Gasteiger partial charge is 0.306 e. The molecule has 0 aliphatic carbocycles. The van der Waals surface area contributed by atoms with Gasteiger partial charge in [-0.05, 0) is 57.8 Å². The van der Waals surface area contributed by atoms with Crippen LogP contribution in [0.25, 0.3) is 0 Å². The predicted molar refractivity (Wildman–Crippen MR) is 226 cm³/mol. The highest BCUT2D eigenvalue weighted by Gasteiger charge is 2.25. The number of carbonyl (C=O) groups is 3. The summed E-state index contributed by atoms with van der Waals surface area (Å²) in [4.78, 5) is 36.8. The van der Waals surface area contributed by atoms with Gasteiger partial charge in [0.2, 0.25) is 0 Å². The first-order chi connectivity index (χ1) is 26.6. The van der Waals surface area contributed by atoms with Crippen LogP contribution in [0.1, 0.15) is 168 Å². The Morgan fingerprint density at radius 1 is 0.564 bits per heavy atom. The fourth-order valence-corrected chi connectivity index (χ4v) is 6.04. The monoisotopic (exact) mass is 772 g/mol. The summed E-state index contributed by atoms with van der Waals surface area (Å²) in [6.45, 7) is 4.50. The molecule has 0 aliphatic rings. The zero-order valence-corrected chi connectivity index (χ0v) is 35.8. The second-order valence-electron chi connectivity index (χ2n) is 15.6. The molecule has 0 radical (unpaired) electrons. The molecule has 0 aromatic rings. The number of aliphatic carboxylic acids is 1. The lowest BCUT2D eigenvalue weighted by Gasteiger charge is -2.34. The minimum Gasteiger partial charge on any atom is -0.544 e. The molecule has 55 heavy (non-hydrogen) atoms. The van der Waals surface area contributed by atoms with Crippen molar-refractivity contribution in [3.05, 3.63) is 60.8 Å². The SMILES string of the molecule is CC/C=C/C/C=C/C/C=C/C/C=C/C/C=C/CCCCCCC(=O)OCC(COCCC(C(=O)[O-])[N+](C)(C)C)OC(=O)CCCCCCCCCCCCC. The second-order valence-corrected chi connectivity index (χ2v) is 15.6. The number of unbranched alkanes of at least 4 members (excludes halogenated alkanes) is 14. The van der Waals surface area contributed by atoms with Gasteiger partial charge in [0, 0.05) is 19.3 Å². The van der Waals surface area contributed by atoms with Crippen molar-refractivity contribution in [2.24, 2.45) is 0 Å². The van der Waals surface area contributed by atoms with Gasteiger partial charge in [0.25, 0.3) is 0 Å². The van der Waals surface area contributed by atoms with Crippen molar-refractivity contribution in [2.75, 3.05) is 41.0 Å². The molecule has 8 nitrogen and oxygen atoms in total. The van der Waals surface area contributed by atoms with E-state index in [4.69, 9.17) is 14.2 Å². The van der Waals surface area contributed by atoms with Gasteiger partial charge in [0.05, 0.1) is 40.3 Å². The summed E-state index contributed by atoms with van der Waals surface area (Å²) in [5.41, 5.74) is 0. The van der Waals surface area contributed by atoms with Crippen molar-refractivity contribution in [3.63, 3.8) is 0 Å². The Labute approximate surface area is 337 Å². The van der Waals surface area contributed by atoms with Crippen LogP contribution in [0, 0.1) is 0 Å². The molecule has 0 saturated heterocycles. The fourth-order valence-electron chi connectivity index (χ4n) is 6.04. The van der Waals surface area contributed by atoms with Gasteiger partial charge in [-0.3, -0.25) is 9.59 Å². The molecule has 0 aromatic heterocycles. The first-order valence-electron chi connectivity index (χ1n) is 21.8. The molecule has 0 aliphatic heterocycles. The minimum atomic E-state index is -1.13. The van der Waals surface area contributed by atoms with Crippen molar-refractivity contribution >= 4 is 17.9 Å². The third kappa shape index (κ3) is 36.4. The third-order valence-electron chi connectivity index (χ3n) is 9.42. The lowest BCUT2D eigenvalue weighted by Crippen LogP contribution is -2.55. The molecule has 0 fully saturated rings. The topological polar surface area (TPSA) is 102 Å². The Hall–Kier alpha value is -2.97. The Balaban J connectivity index is 4.36. The molecule has 2 atom stereocenters. The summed E-state index contributed by atoms with van der Waals surface area (Å²) in [6.07, 6.45) is 45.3. The van der Waals surface area contributed by atoms with Crippen LogP contribution in [-0.4, -0.2) is 75.5 Å². The Morgan fingerprint density at radius 3 is 1.51 bits per heavy atom. The van der Waals surface area contributed by atoms with E-state index in [1.54, 1.807) is 21.1 Å². The molecule has 8 heteroatoms. The molecule has 0 heterocycles. The normalized spacial score (nSPS) is 13.5. The van der Waals surface area contributed by atoms with Gasteiger partial charge in [0.1, 0.15) is 12.6 Å². The molecule has 0 spiro atoms. The first kappa shape index (κ1) is 52.0. The van der Waals surface area contributed by atoms with E-state index < -0.39 is 18.1 Å². The highest BCUT2D eigenvalue weighted by atomic mass is 16.6. The zero-order valence-electron chi connectivity index (χ0n) is 35.8. The van der Waals surface area contributed by atoms with Crippen LogP contribution in [0.5, 0.6) is 0 Å². The predicted octanol–water partition coefficient (Wildman–Crippen LogP) is 10.5. The number of esters is 2. The van der Waals surface area contributed by atoms with Gasteiger partial charge in [-0.15, -0.1) is 0 Å². The summed E-state index contributed by atoms with van der Waals surface area (Å²) in [7, 11) is 5.39. The van der Waals surface area contributed by atoms with Crippen LogP contribution >= 0.6 is 0 Å². The number of hydrogen-bond donors (Lipinski definition) is 0. The van der Waals surface area contributed by atoms with E-state index in [1.165, 1.54) is 51.4 Å². The minimum absolute atomic E-state index is 0.0317. The largest absolute Gasteiger partial charge is 0.544 e. The van der Waals surface area contributed by atoms with E-state index in [0.29, 0.717) is 12.8 Å². The van der Waals surface area contributed by atoms with Crippen LogP contribution in [0.3, 0.4) is 0 Å². The number of nitrogens with zero attached hydrogens (tertiary/aromatic N) is 1. The van der Waals surface area contributed by atoms with Gasteiger partial charge in [0.15, 0.2) is 6.10 Å². The summed E-state index contributed by atoms with van der Waals surface area (Å²) >= 11 is 0. The number of carboxylic acids is 1. The van der Waals surface area contributed by atoms with Gasteiger partial charge < -0.3 is 28.6 Å². The Morgan fingerprint density at radius 2 is 1.02 bits per heavy atom. The highest BCUT2D eigenvalue weighted by molar-refractivity contribution is 5.70. The average Bonchev–Trinajstić information content (AvgIpc) is 3.14. The molecule has 0 aromatic carbocycles. The molecular formula is C47H81NO7. The van der Waals surface area contributed by atoms with E-state index in [2.05, 4.69) is 74.6 Å². The van der Waals surface area contributed by atoms with Gasteiger partial charge in [-0.25, -0.2) is 0 Å². The Bertz CT molecular complexity index is 1090. The molecule has 0 N–H and O–H groups in total. The van der Waals surface area contributed by atoms with E-state index >= 15 is 0 Å². The number of likely N-dealkylation sites (N-methyl/N-ethyl adjacent to an activating group) is 1. The van der Waals surface area contributed by atoms with E-state index in [0.717, 1.165) is 83.5 Å². The van der Waals surface area contributed by atoms with E-state index in [1.807, 2.05) is 0 Å². The molecular weight excluding hydrogens is 691 g/mol. The average molecular weight is 772 g/mol. The summed E-state index contributed by atoms with van der Waals surface area (Å²) in [5, 5.41) is 11.6. The number of quaternary nitrogens is 1. The summed E-state index contributed by atoms with van der Waals surface area (Å²) in [6, 6.07) is -0.730. The molecule has 0 saturated carbocycles. The van der Waals surface area contributed by atoms with Crippen molar-refractivity contribution < 1.29 is 38.2 Å². The van der Waals surface area contributed by atoms with Crippen LogP contribution in [0.4, 0.5) is 0 Å². The lowest BCUT2D eigenvalue weighted by molar-refractivity contribution is -0.889. The van der Waals surface area contributed by atoms with Crippen molar-refractivity contribution in [1.82, 2.24) is 0 Å². The van der Waals surface area contributed by atoms with Crippen LogP contribution < -0.4 is 5.11 Å². The van der Waals surface area contributed by atoms with Gasteiger partial charge in [-0.2, -0.15) is 0 Å². The molecule has 0 bridgehead atoms. The molecule has 316 valence electrons. The van der Waals surface area contributed by atoms with Crippen LogP contribution in [0.15, 0.2) is 60.8 Å². The van der Waals surface area contributed by atoms with Crippen molar-refractivity contribution in [3.8, 4) is 0 Å². The standard InChI is InChI=1S/C47H81NO7/c1-6-8-10-12-14-16-18-19-20-21-22-23-24-25-26-28-29-31-33-35-37-45(49)54-42-43(41-53-40-39-44(47(51)52)48(3,4)5)55-46(50)38-36-34-32-30-27-17-15-13-11-9-7-2/h8,10,14,16,19-20,22-23,25-26,43-44H,6-7,9,11-13,15,17-18,21,24,27-42H2,1-5H3/b10-8+,16-14+,20-19+,23-22+,26-25+. The number of carbonyl (C=O) groups excluding carboxylic acids is 3. The van der Waals surface area contributed by atoms with E-state index in [9.17, 15) is 19.5 Å². The number of rotatable bonds is 38. The first-order valence-corrected chi connectivity index (χ1v) is 21.8. The fraction of sp³-hybridized carbons (Fsp3) is 0.723. The van der Waals surface area contributed by atoms with Crippen LogP contribution in [0.2, 0.25) is 0 Å². The maximum absolute atomic E-state index is 12.7. The Kier molecular flexibility index (Phi) is 35.9. The number of carboxylic acid groups (broad SMARTS) is 1. The highest BCUT2D eigenvalue weighted by Crippen LogP contribution is 2.14. The lowest BCUT2D eigenvalue weighted by atomic mass is 10.1. The molecule has 2 unspecified atom stereocenters.